The molecule has 1 aromatic rings. The predicted octanol–water partition coefficient (Wildman–Crippen LogP) is 2.93. The first-order valence-electron chi connectivity index (χ1n) is 7.01. The average molecular weight is 329 g/mol. The number of allylic oxidation sites excluding steroid dienone is 2. The van der Waals surface area contributed by atoms with Crippen molar-refractivity contribution >= 4 is 10.0 Å². The zero-order valence-corrected chi connectivity index (χ0v) is 14.3. The van der Waals surface area contributed by atoms with Crippen molar-refractivity contribution < 1.29 is 8.42 Å². The van der Waals surface area contributed by atoms with Gasteiger partial charge in [0.1, 0.15) is 0 Å². The third kappa shape index (κ3) is 5.37. The van der Waals surface area contributed by atoms with Crippen LogP contribution in [0.4, 0.5) is 0 Å². The Kier molecular flexibility index (Phi) is 6.71. The monoisotopic (exact) mass is 329 g/mol. The molecule has 0 saturated heterocycles. The van der Waals surface area contributed by atoms with Crippen molar-refractivity contribution in [3.05, 3.63) is 53.1 Å². The van der Waals surface area contributed by atoms with Crippen molar-refractivity contribution in [1.82, 2.24) is 4.31 Å². The minimum atomic E-state index is -3.70. The fourth-order valence-electron chi connectivity index (χ4n) is 1.70. The van der Waals surface area contributed by atoms with Gasteiger partial charge in [0.25, 0.3) is 0 Å². The number of nitriles is 2. The predicted molar refractivity (Wildman–Crippen MR) is 88.7 cm³/mol. The van der Waals surface area contributed by atoms with Crippen LogP contribution >= 0.6 is 0 Å². The van der Waals surface area contributed by atoms with Gasteiger partial charge in [-0.25, -0.2) is 8.42 Å². The number of rotatable bonds is 6. The van der Waals surface area contributed by atoms with Crippen LogP contribution in [0, 0.1) is 29.6 Å². The largest absolute Gasteiger partial charge is 0.243 e. The van der Waals surface area contributed by atoms with E-state index in [4.69, 9.17) is 10.5 Å². The molecule has 5 nitrogen and oxygen atoms in total. The van der Waals surface area contributed by atoms with E-state index in [9.17, 15) is 8.42 Å². The highest BCUT2D eigenvalue weighted by atomic mass is 32.2. The molecular formula is C17H19N3O2S. The molecule has 0 aliphatic carbocycles. The van der Waals surface area contributed by atoms with Crippen molar-refractivity contribution in [2.45, 2.75) is 25.7 Å². The van der Waals surface area contributed by atoms with Gasteiger partial charge < -0.3 is 0 Å². The van der Waals surface area contributed by atoms with Crippen LogP contribution in [-0.2, 0) is 10.0 Å². The van der Waals surface area contributed by atoms with Crippen molar-refractivity contribution in [3.63, 3.8) is 0 Å². The smallest absolute Gasteiger partial charge is 0.207 e. The van der Waals surface area contributed by atoms with Gasteiger partial charge in [-0.05, 0) is 32.9 Å². The minimum absolute atomic E-state index is 0.0742. The van der Waals surface area contributed by atoms with Gasteiger partial charge in [0.15, 0.2) is 0 Å². The van der Waals surface area contributed by atoms with Gasteiger partial charge in [-0.1, -0.05) is 29.8 Å². The van der Waals surface area contributed by atoms with Crippen LogP contribution in [0.3, 0.4) is 0 Å². The van der Waals surface area contributed by atoms with E-state index >= 15 is 0 Å². The topological polar surface area (TPSA) is 85.0 Å². The second-order valence-electron chi connectivity index (χ2n) is 5.13. The summed E-state index contributed by atoms with van der Waals surface area (Å²) < 4.78 is 26.7. The molecular weight excluding hydrogens is 310 g/mol. The molecule has 120 valence electrons. The molecule has 0 fully saturated rings. The molecule has 0 aromatic heterocycles. The summed E-state index contributed by atoms with van der Waals surface area (Å²) in [5, 5.41) is 17.6. The van der Waals surface area contributed by atoms with Crippen LogP contribution in [0.5, 0.6) is 0 Å². The summed E-state index contributed by atoms with van der Waals surface area (Å²) in [6.45, 7) is 5.27. The van der Waals surface area contributed by atoms with E-state index in [1.54, 1.807) is 50.3 Å². The molecule has 1 rings (SSSR count). The SMILES string of the molecule is C/C(C#N)=C\CN(C/C=C(\C)C#N)S(=O)(=O)c1ccc(C)cc1. The standard InChI is InChI=1S/C17H19N3O2S/c1-14-4-6-17(7-5-14)23(21,22)20(10-8-15(2)12-18)11-9-16(3)13-19/h4-9H,10-11H2,1-3H3/b15-8+,16-9+. The van der Waals surface area contributed by atoms with E-state index in [-0.39, 0.29) is 18.0 Å². The Hall–Kier alpha value is -2.41. The number of hydrogen-bond donors (Lipinski definition) is 0. The van der Waals surface area contributed by atoms with Crippen molar-refractivity contribution in [3.8, 4) is 12.1 Å². The molecule has 1 aromatic carbocycles. The van der Waals surface area contributed by atoms with E-state index in [0.717, 1.165) is 5.56 Å². The van der Waals surface area contributed by atoms with Crippen LogP contribution in [0.15, 0.2) is 52.5 Å². The zero-order chi connectivity index (χ0) is 17.5. The van der Waals surface area contributed by atoms with E-state index < -0.39 is 10.0 Å². The van der Waals surface area contributed by atoms with Gasteiger partial charge in [-0.15, -0.1) is 0 Å². The molecule has 23 heavy (non-hydrogen) atoms. The average Bonchev–Trinajstić information content (AvgIpc) is 2.54. The van der Waals surface area contributed by atoms with Crippen LogP contribution in [0.1, 0.15) is 19.4 Å². The van der Waals surface area contributed by atoms with Gasteiger partial charge in [0, 0.05) is 24.2 Å². The van der Waals surface area contributed by atoms with Crippen LogP contribution in [0.2, 0.25) is 0 Å². The Morgan fingerprint density at radius 1 is 1.04 bits per heavy atom. The van der Waals surface area contributed by atoms with E-state index in [2.05, 4.69) is 0 Å². The number of hydrogen-bond acceptors (Lipinski definition) is 4. The molecule has 0 saturated carbocycles. The van der Waals surface area contributed by atoms with Gasteiger partial charge in [0.05, 0.1) is 17.0 Å². The normalized spacial score (nSPS) is 12.8. The Labute approximate surface area is 137 Å². The summed E-state index contributed by atoms with van der Waals surface area (Å²) in [7, 11) is -3.70. The minimum Gasteiger partial charge on any atom is -0.207 e. The van der Waals surface area contributed by atoms with Gasteiger partial charge >= 0.3 is 0 Å². The summed E-state index contributed by atoms with van der Waals surface area (Å²) in [6.07, 6.45) is 3.11. The Morgan fingerprint density at radius 3 is 1.87 bits per heavy atom. The lowest BCUT2D eigenvalue weighted by Crippen LogP contribution is -2.31. The van der Waals surface area contributed by atoms with E-state index in [1.807, 2.05) is 19.1 Å². The molecule has 0 N–H and O–H groups in total. The van der Waals surface area contributed by atoms with Crippen LogP contribution in [0.25, 0.3) is 0 Å². The Balaban J connectivity index is 3.18. The molecule has 0 aliphatic heterocycles. The summed E-state index contributed by atoms with van der Waals surface area (Å²) in [5.74, 6) is 0. The van der Waals surface area contributed by atoms with Crippen molar-refractivity contribution in [1.29, 1.82) is 10.5 Å². The quantitative estimate of drug-likeness (QED) is 0.751. The van der Waals surface area contributed by atoms with E-state index in [0.29, 0.717) is 11.1 Å². The van der Waals surface area contributed by atoms with Gasteiger partial charge in [-0.3, -0.25) is 0 Å². The molecule has 0 amide bonds. The lowest BCUT2D eigenvalue weighted by molar-refractivity contribution is 0.473. The number of benzene rings is 1. The second-order valence-corrected chi connectivity index (χ2v) is 7.07. The van der Waals surface area contributed by atoms with Crippen molar-refractivity contribution in [2.24, 2.45) is 0 Å². The molecule has 0 heterocycles. The molecule has 0 aliphatic rings. The first-order valence-corrected chi connectivity index (χ1v) is 8.45. The fraction of sp³-hybridized carbons (Fsp3) is 0.294. The third-order valence-electron chi connectivity index (χ3n) is 3.21. The van der Waals surface area contributed by atoms with E-state index in [1.165, 1.54) is 4.31 Å². The zero-order valence-electron chi connectivity index (χ0n) is 13.4. The summed E-state index contributed by atoms with van der Waals surface area (Å²) in [5.41, 5.74) is 1.85. The fourth-order valence-corrected chi connectivity index (χ4v) is 3.02. The van der Waals surface area contributed by atoms with Crippen LogP contribution in [-0.4, -0.2) is 25.8 Å². The highest BCUT2D eigenvalue weighted by Crippen LogP contribution is 2.17. The van der Waals surface area contributed by atoms with Crippen LogP contribution < -0.4 is 0 Å². The molecule has 0 bridgehead atoms. The number of aryl methyl sites for hydroxylation is 1. The highest BCUT2D eigenvalue weighted by Gasteiger charge is 2.22. The molecule has 0 unspecified atom stereocenters. The van der Waals surface area contributed by atoms with Crippen molar-refractivity contribution in [2.75, 3.05) is 13.1 Å². The second kappa shape index (κ2) is 8.28. The maximum absolute atomic E-state index is 12.7. The molecule has 0 atom stereocenters. The van der Waals surface area contributed by atoms with Gasteiger partial charge in [-0.2, -0.15) is 14.8 Å². The molecule has 0 radical (unpaired) electrons. The number of nitrogens with zero attached hydrogens (tertiary/aromatic N) is 3. The lowest BCUT2D eigenvalue weighted by Gasteiger charge is -2.19. The lowest BCUT2D eigenvalue weighted by atomic mass is 10.2. The molecule has 6 heteroatoms. The Bertz CT molecular complexity index is 760. The summed E-state index contributed by atoms with van der Waals surface area (Å²) >= 11 is 0. The summed E-state index contributed by atoms with van der Waals surface area (Å²) in [6, 6.07) is 10.5. The maximum Gasteiger partial charge on any atom is 0.243 e. The van der Waals surface area contributed by atoms with Gasteiger partial charge in [0.2, 0.25) is 10.0 Å². The first-order chi connectivity index (χ1) is 10.8. The summed E-state index contributed by atoms with van der Waals surface area (Å²) in [4.78, 5) is 0.189. The first kappa shape index (κ1) is 18.6. The Morgan fingerprint density at radius 2 is 1.48 bits per heavy atom. The third-order valence-corrected chi connectivity index (χ3v) is 5.06. The number of sulfonamides is 1. The maximum atomic E-state index is 12.7. The highest BCUT2D eigenvalue weighted by molar-refractivity contribution is 7.89. The molecule has 0 spiro atoms.